The van der Waals surface area contributed by atoms with Crippen LogP contribution in [-0.2, 0) is 11.3 Å². The van der Waals surface area contributed by atoms with Gasteiger partial charge in [0, 0.05) is 24.8 Å². The van der Waals surface area contributed by atoms with Crippen LogP contribution in [0.5, 0.6) is 0 Å². The van der Waals surface area contributed by atoms with Gasteiger partial charge in [0.1, 0.15) is 11.3 Å². The van der Waals surface area contributed by atoms with Crippen LogP contribution < -0.4 is 10.9 Å². The van der Waals surface area contributed by atoms with Gasteiger partial charge in [0.2, 0.25) is 5.91 Å². The number of para-hydroxylation sites is 2. The summed E-state index contributed by atoms with van der Waals surface area (Å²) in [6.45, 7) is 0.428. The number of fused-ring (bicyclic) bond motifs is 3. The second kappa shape index (κ2) is 7.07. The van der Waals surface area contributed by atoms with Gasteiger partial charge in [-0.25, -0.2) is 4.39 Å². The fourth-order valence-electron chi connectivity index (χ4n) is 3.32. The molecule has 2 heterocycles. The van der Waals surface area contributed by atoms with Gasteiger partial charge in [0.05, 0.1) is 11.0 Å². The summed E-state index contributed by atoms with van der Waals surface area (Å²) in [5.41, 5.74) is 2.73. The van der Waals surface area contributed by atoms with Gasteiger partial charge < -0.3 is 14.3 Å². The highest BCUT2D eigenvalue weighted by molar-refractivity contribution is 5.90. The third-order valence-electron chi connectivity index (χ3n) is 4.54. The molecule has 4 aromatic rings. The van der Waals surface area contributed by atoms with Gasteiger partial charge in [0.15, 0.2) is 0 Å². The number of nitrogens with zero attached hydrogens (tertiary/aromatic N) is 2. The predicted molar refractivity (Wildman–Crippen MR) is 103 cm³/mol. The van der Waals surface area contributed by atoms with Crippen molar-refractivity contribution >= 4 is 28.1 Å². The topological polar surface area (TPSA) is 55.5 Å². The third kappa shape index (κ3) is 3.33. The first-order chi connectivity index (χ1) is 13.1. The van der Waals surface area contributed by atoms with Crippen molar-refractivity contribution in [2.45, 2.75) is 19.4 Å². The van der Waals surface area contributed by atoms with Crippen molar-refractivity contribution in [3.8, 4) is 0 Å². The average Bonchev–Trinajstić information content (AvgIpc) is 3.15. The van der Waals surface area contributed by atoms with E-state index >= 15 is 0 Å². The van der Waals surface area contributed by atoms with E-state index in [2.05, 4.69) is 5.32 Å². The van der Waals surface area contributed by atoms with E-state index in [4.69, 9.17) is 0 Å². The summed E-state index contributed by atoms with van der Waals surface area (Å²) < 4.78 is 16.8. The molecule has 0 spiro atoms. The maximum absolute atomic E-state index is 13.2. The summed E-state index contributed by atoms with van der Waals surface area (Å²) in [6.07, 6.45) is 2.61. The summed E-state index contributed by atoms with van der Waals surface area (Å²) in [7, 11) is 0. The number of amides is 1. The maximum Gasteiger partial charge on any atom is 0.275 e. The minimum Gasteiger partial charge on any atom is -0.326 e. The molecular formula is C21H18FN3O2. The largest absolute Gasteiger partial charge is 0.326 e. The maximum atomic E-state index is 13.2. The quantitative estimate of drug-likeness (QED) is 0.586. The Morgan fingerprint density at radius 1 is 0.963 bits per heavy atom. The van der Waals surface area contributed by atoms with Crippen LogP contribution in [0.15, 0.2) is 71.7 Å². The number of hydrogen-bond donors (Lipinski definition) is 1. The lowest BCUT2D eigenvalue weighted by atomic mass is 10.2. The van der Waals surface area contributed by atoms with E-state index in [0.717, 1.165) is 11.0 Å². The number of benzene rings is 2. The van der Waals surface area contributed by atoms with Crippen LogP contribution in [0.25, 0.3) is 16.6 Å². The molecule has 0 aliphatic heterocycles. The Hall–Kier alpha value is -3.41. The van der Waals surface area contributed by atoms with E-state index in [1.54, 1.807) is 22.8 Å². The lowest BCUT2D eigenvalue weighted by Crippen LogP contribution is -2.23. The first-order valence-electron chi connectivity index (χ1n) is 8.77. The monoisotopic (exact) mass is 363 g/mol. The predicted octanol–water partition coefficient (Wildman–Crippen LogP) is 3.81. The Balaban J connectivity index is 1.52. The summed E-state index contributed by atoms with van der Waals surface area (Å²) in [5, 5.41) is 2.68. The van der Waals surface area contributed by atoms with E-state index in [1.165, 1.54) is 12.1 Å². The molecule has 1 amide bonds. The van der Waals surface area contributed by atoms with E-state index in [9.17, 15) is 14.0 Å². The summed E-state index contributed by atoms with van der Waals surface area (Å²) in [5.74, 6) is -0.604. The molecule has 0 bridgehead atoms. The van der Waals surface area contributed by atoms with Crippen LogP contribution >= 0.6 is 0 Å². The molecular weight excluding hydrogens is 345 g/mol. The molecule has 136 valence electrons. The van der Waals surface area contributed by atoms with E-state index in [-0.39, 0.29) is 17.9 Å². The highest BCUT2D eigenvalue weighted by Crippen LogP contribution is 2.16. The molecule has 0 saturated carbocycles. The fourth-order valence-corrected chi connectivity index (χ4v) is 3.32. The molecule has 0 aliphatic carbocycles. The average molecular weight is 363 g/mol. The zero-order chi connectivity index (χ0) is 18.8. The number of halogens is 1. The fraction of sp³-hybridized carbons (Fsp3) is 0.143. The van der Waals surface area contributed by atoms with Crippen molar-refractivity contribution < 1.29 is 9.18 Å². The molecule has 4 rings (SSSR count). The lowest BCUT2D eigenvalue weighted by Gasteiger charge is -2.12. The zero-order valence-corrected chi connectivity index (χ0v) is 14.6. The highest BCUT2D eigenvalue weighted by atomic mass is 19.1. The molecule has 0 fully saturated rings. The lowest BCUT2D eigenvalue weighted by molar-refractivity contribution is -0.116. The Morgan fingerprint density at radius 3 is 2.56 bits per heavy atom. The number of aromatic nitrogens is 2. The van der Waals surface area contributed by atoms with Crippen LogP contribution in [0.3, 0.4) is 0 Å². The van der Waals surface area contributed by atoms with Crippen molar-refractivity contribution in [1.29, 1.82) is 0 Å². The minimum atomic E-state index is -0.397. The number of aryl methyl sites for hydroxylation is 1. The molecule has 0 aliphatic rings. The number of carbonyl (C=O) groups is 1. The second-order valence-electron chi connectivity index (χ2n) is 6.37. The Morgan fingerprint density at radius 2 is 1.74 bits per heavy atom. The molecule has 2 aromatic carbocycles. The molecule has 0 radical (unpaired) electrons. The summed E-state index contributed by atoms with van der Waals surface area (Å²) in [4.78, 5) is 24.9. The Kier molecular flexibility index (Phi) is 4.46. The van der Waals surface area contributed by atoms with Gasteiger partial charge in [0.25, 0.3) is 5.56 Å². The van der Waals surface area contributed by atoms with E-state index < -0.39 is 5.82 Å². The number of anilines is 1. The van der Waals surface area contributed by atoms with Crippen LogP contribution in [0.1, 0.15) is 12.8 Å². The number of carbonyl (C=O) groups excluding carboxylic acids is 1. The van der Waals surface area contributed by atoms with Crippen molar-refractivity contribution in [3.63, 3.8) is 0 Å². The smallest absolute Gasteiger partial charge is 0.275 e. The number of rotatable bonds is 5. The molecule has 27 heavy (non-hydrogen) atoms. The molecule has 0 atom stereocenters. The van der Waals surface area contributed by atoms with Crippen LogP contribution in [0.4, 0.5) is 10.1 Å². The molecule has 1 N–H and O–H groups in total. The summed E-state index contributed by atoms with van der Waals surface area (Å²) >= 11 is 0. The van der Waals surface area contributed by atoms with Crippen LogP contribution in [0, 0.1) is 5.82 Å². The van der Waals surface area contributed by atoms with Crippen LogP contribution in [0.2, 0.25) is 0 Å². The van der Waals surface area contributed by atoms with Gasteiger partial charge >= 0.3 is 0 Å². The molecule has 0 saturated heterocycles. The first kappa shape index (κ1) is 17.0. The van der Waals surface area contributed by atoms with Gasteiger partial charge in [-0.05, 0) is 48.9 Å². The first-order valence-corrected chi connectivity index (χ1v) is 8.77. The minimum absolute atomic E-state index is 0.0794. The molecule has 2 aromatic heterocycles. The van der Waals surface area contributed by atoms with Crippen molar-refractivity contribution in [1.82, 2.24) is 8.97 Å². The zero-order valence-electron chi connectivity index (χ0n) is 14.6. The van der Waals surface area contributed by atoms with Gasteiger partial charge in [-0.15, -0.1) is 0 Å². The Bertz CT molecular complexity index is 1190. The van der Waals surface area contributed by atoms with Crippen LogP contribution in [-0.4, -0.2) is 14.9 Å². The second-order valence-corrected chi connectivity index (χ2v) is 6.37. The molecule has 5 nitrogen and oxygen atoms in total. The summed E-state index contributed by atoms with van der Waals surface area (Å²) in [6, 6.07) is 17.1. The highest BCUT2D eigenvalue weighted by Gasteiger charge is 2.11. The number of hydrogen-bond acceptors (Lipinski definition) is 2. The third-order valence-corrected chi connectivity index (χ3v) is 4.54. The van der Waals surface area contributed by atoms with E-state index in [1.807, 2.05) is 40.9 Å². The van der Waals surface area contributed by atoms with Gasteiger partial charge in [-0.3, -0.25) is 9.59 Å². The van der Waals surface area contributed by atoms with Gasteiger partial charge in [-0.2, -0.15) is 0 Å². The Labute approximate surface area is 154 Å². The van der Waals surface area contributed by atoms with E-state index in [0.29, 0.717) is 24.2 Å². The molecule has 0 unspecified atom stereocenters. The van der Waals surface area contributed by atoms with Crippen molar-refractivity contribution in [2.75, 3.05) is 5.32 Å². The van der Waals surface area contributed by atoms with Crippen molar-refractivity contribution in [2.24, 2.45) is 0 Å². The molecule has 6 heteroatoms. The normalized spacial score (nSPS) is 11.1. The van der Waals surface area contributed by atoms with Crippen molar-refractivity contribution in [3.05, 3.63) is 83.0 Å². The number of nitrogens with one attached hydrogen (secondary N) is 1. The SMILES string of the molecule is O=C(CCCn1c(=O)c2cccn2c2ccccc21)Nc1cccc(F)c1. The van der Waals surface area contributed by atoms with Gasteiger partial charge in [-0.1, -0.05) is 18.2 Å². The standard InChI is InChI=1S/C21H18FN3O2/c22-15-6-3-7-16(14-15)23-20(26)11-5-13-25-18-9-2-1-8-17(18)24-12-4-10-19(24)21(25)27/h1-4,6-10,12,14H,5,11,13H2,(H,23,26).